The van der Waals surface area contributed by atoms with Crippen molar-refractivity contribution in [2.24, 2.45) is 0 Å². The summed E-state index contributed by atoms with van der Waals surface area (Å²) < 4.78 is 3.44. The Morgan fingerprint density at radius 1 is 1.28 bits per heavy atom. The largest absolute Gasteiger partial charge is 0.341 e. The van der Waals surface area contributed by atoms with Gasteiger partial charge in [0.1, 0.15) is 11.5 Å². The Morgan fingerprint density at radius 2 is 2.12 bits per heavy atom. The second kappa shape index (κ2) is 7.58. The Balaban J connectivity index is 1.76. The highest BCUT2D eigenvalue weighted by Gasteiger charge is 2.21. The lowest BCUT2D eigenvalue weighted by molar-refractivity contribution is 0.0929. The van der Waals surface area contributed by atoms with Crippen molar-refractivity contribution in [1.29, 1.82) is 0 Å². The highest BCUT2D eigenvalue weighted by molar-refractivity contribution is 5.92. The van der Waals surface area contributed by atoms with Crippen LogP contribution in [-0.4, -0.2) is 30.5 Å². The molecule has 0 saturated heterocycles. The molecule has 134 valence electrons. The van der Waals surface area contributed by atoms with Gasteiger partial charge in [0.15, 0.2) is 5.82 Å². The van der Waals surface area contributed by atoms with E-state index in [0.717, 1.165) is 43.9 Å². The number of fused-ring (bicyclic) bond motifs is 1. The highest BCUT2D eigenvalue weighted by Crippen LogP contribution is 2.18. The van der Waals surface area contributed by atoms with Gasteiger partial charge >= 0.3 is 0 Å². The summed E-state index contributed by atoms with van der Waals surface area (Å²) in [4.78, 5) is 24.2. The molecule has 8 heteroatoms. The second-order valence-corrected chi connectivity index (χ2v) is 6.41. The molecule has 0 saturated carbocycles. The average Bonchev–Trinajstić information content (AvgIpc) is 2.86. The lowest BCUT2D eigenvalue weighted by atomic mass is 10.2. The predicted octanol–water partition coefficient (Wildman–Crippen LogP) is 1.46. The summed E-state index contributed by atoms with van der Waals surface area (Å²) in [5.74, 6) is 1.44. The number of carbonyl (C=O) groups excluding carboxylic acids is 1. The Morgan fingerprint density at radius 3 is 2.92 bits per heavy atom. The molecular weight excluding hydrogens is 320 g/mol. The maximum Gasteiger partial charge on any atom is 0.272 e. The smallest absolute Gasteiger partial charge is 0.272 e. The lowest BCUT2D eigenvalue weighted by Crippen LogP contribution is -2.32. The Labute approximate surface area is 146 Å². The molecule has 2 aromatic rings. The molecule has 1 atom stereocenters. The van der Waals surface area contributed by atoms with Crippen LogP contribution in [0.3, 0.4) is 0 Å². The van der Waals surface area contributed by atoms with E-state index in [1.54, 1.807) is 0 Å². The van der Waals surface area contributed by atoms with E-state index in [9.17, 15) is 9.59 Å². The monoisotopic (exact) mass is 344 g/mol. The number of aromatic nitrogens is 5. The van der Waals surface area contributed by atoms with Crippen molar-refractivity contribution in [1.82, 2.24) is 29.9 Å². The van der Waals surface area contributed by atoms with Crippen LogP contribution >= 0.6 is 0 Å². The minimum atomic E-state index is -0.316. The Hall–Kier alpha value is -2.51. The van der Waals surface area contributed by atoms with Gasteiger partial charge in [-0.25, -0.2) is 4.68 Å². The lowest BCUT2D eigenvalue weighted by Gasteiger charge is -2.15. The van der Waals surface area contributed by atoms with Gasteiger partial charge in [-0.15, -0.1) is 10.2 Å². The van der Waals surface area contributed by atoms with Gasteiger partial charge in [0.2, 0.25) is 0 Å². The van der Waals surface area contributed by atoms with Crippen LogP contribution in [0.25, 0.3) is 0 Å². The summed E-state index contributed by atoms with van der Waals surface area (Å²) in [6, 6.07) is 2.56. The zero-order valence-corrected chi connectivity index (χ0v) is 14.7. The van der Waals surface area contributed by atoms with Crippen LogP contribution in [0.4, 0.5) is 0 Å². The second-order valence-electron chi connectivity index (χ2n) is 6.41. The first-order chi connectivity index (χ1) is 12.1. The zero-order valence-electron chi connectivity index (χ0n) is 14.7. The van der Waals surface area contributed by atoms with Crippen LogP contribution in [0.2, 0.25) is 0 Å². The topological polar surface area (TPSA) is 94.7 Å². The van der Waals surface area contributed by atoms with E-state index < -0.39 is 0 Å². The maximum absolute atomic E-state index is 12.5. The van der Waals surface area contributed by atoms with Crippen molar-refractivity contribution in [2.75, 3.05) is 0 Å². The van der Waals surface area contributed by atoms with E-state index >= 15 is 0 Å². The molecule has 0 bridgehead atoms. The molecular formula is C17H24N6O2. The SMILES string of the molecule is CCCn1nc(C(=O)NC(C)c2nnc3n2CCCCC3)ccc1=O. The molecule has 1 aliphatic rings. The molecule has 0 fully saturated rings. The van der Waals surface area contributed by atoms with Gasteiger partial charge in [0.05, 0.1) is 6.04 Å². The normalized spacial score (nSPS) is 15.3. The van der Waals surface area contributed by atoms with Crippen LogP contribution in [0.15, 0.2) is 16.9 Å². The van der Waals surface area contributed by atoms with Crippen LogP contribution in [0.5, 0.6) is 0 Å². The summed E-state index contributed by atoms with van der Waals surface area (Å²) in [5.41, 5.74) is 0.0322. The van der Waals surface area contributed by atoms with Crippen LogP contribution in [-0.2, 0) is 19.5 Å². The molecule has 8 nitrogen and oxygen atoms in total. The van der Waals surface area contributed by atoms with Gasteiger partial charge in [0.25, 0.3) is 11.5 Å². The minimum Gasteiger partial charge on any atom is -0.341 e. The molecule has 1 aliphatic heterocycles. The number of rotatable bonds is 5. The summed E-state index contributed by atoms with van der Waals surface area (Å²) in [7, 11) is 0. The van der Waals surface area contributed by atoms with Crippen molar-refractivity contribution in [3.05, 3.63) is 39.8 Å². The minimum absolute atomic E-state index is 0.200. The van der Waals surface area contributed by atoms with Gasteiger partial charge in [0, 0.05) is 25.6 Å². The first kappa shape index (κ1) is 17.3. The quantitative estimate of drug-likeness (QED) is 0.886. The molecule has 0 aromatic carbocycles. The Kier molecular flexibility index (Phi) is 5.25. The number of hydrogen-bond acceptors (Lipinski definition) is 5. The average molecular weight is 344 g/mol. The Bertz CT molecular complexity index is 810. The van der Waals surface area contributed by atoms with Gasteiger partial charge < -0.3 is 9.88 Å². The van der Waals surface area contributed by atoms with Gasteiger partial charge in [-0.2, -0.15) is 5.10 Å². The fourth-order valence-electron chi connectivity index (χ4n) is 3.11. The van der Waals surface area contributed by atoms with Crippen molar-refractivity contribution in [3.8, 4) is 0 Å². The molecule has 0 aliphatic carbocycles. The van der Waals surface area contributed by atoms with E-state index in [0.29, 0.717) is 6.54 Å². The number of carbonyl (C=O) groups is 1. The number of hydrogen-bond donors (Lipinski definition) is 1. The standard InChI is InChI=1S/C17H24N6O2/c1-3-10-23-15(24)9-8-13(21-23)17(25)18-12(2)16-20-19-14-7-5-4-6-11-22(14)16/h8-9,12H,3-7,10-11H2,1-2H3,(H,18,25). The molecule has 25 heavy (non-hydrogen) atoms. The molecule has 2 aromatic heterocycles. The third-order valence-corrected chi connectivity index (χ3v) is 4.41. The molecule has 1 unspecified atom stereocenters. The van der Waals surface area contributed by atoms with Crippen molar-refractivity contribution in [2.45, 2.75) is 65.1 Å². The van der Waals surface area contributed by atoms with E-state index in [2.05, 4.69) is 25.2 Å². The number of nitrogens with one attached hydrogen (secondary N) is 1. The molecule has 3 heterocycles. The van der Waals surface area contributed by atoms with Gasteiger partial charge in [-0.1, -0.05) is 13.3 Å². The number of nitrogens with zero attached hydrogens (tertiary/aromatic N) is 5. The molecule has 0 radical (unpaired) electrons. The van der Waals surface area contributed by atoms with Gasteiger partial charge in [-0.3, -0.25) is 9.59 Å². The summed E-state index contributed by atoms with van der Waals surface area (Å²) >= 11 is 0. The summed E-state index contributed by atoms with van der Waals surface area (Å²) in [6.45, 7) is 5.23. The zero-order chi connectivity index (χ0) is 17.8. The highest BCUT2D eigenvalue weighted by atomic mass is 16.2. The van der Waals surface area contributed by atoms with E-state index in [1.807, 2.05) is 13.8 Å². The van der Waals surface area contributed by atoms with Crippen LogP contribution in [0.1, 0.15) is 67.7 Å². The predicted molar refractivity (Wildman–Crippen MR) is 92.2 cm³/mol. The summed E-state index contributed by atoms with van der Waals surface area (Å²) in [6.07, 6.45) is 5.12. The van der Waals surface area contributed by atoms with Crippen LogP contribution < -0.4 is 10.9 Å². The van der Waals surface area contributed by atoms with E-state index in [-0.39, 0.29) is 23.2 Å². The fraction of sp³-hybridized carbons (Fsp3) is 0.588. The molecule has 1 amide bonds. The summed E-state index contributed by atoms with van der Waals surface area (Å²) in [5, 5.41) is 15.6. The number of aryl methyl sites for hydroxylation is 2. The fourth-order valence-corrected chi connectivity index (χ4v) is 3.11. The third kappa shape index (κ3) is 3.78. The van der Waals surface area contributed by atoms with Crippen molar-refractivity contribution < 1.29 is 4.79 Å². The molecule has 3 rings (SSSR count). The van der Waals surface area contributed by atoms with Crippen molar-refractivity contribution in [3.63, 3.8) is 0 Å². The maximum atomic E-state index is 12.5. The molecule has 0 spiro atoms. The first-order valence-corrected chi connectivity index (χ1v) is 8.91. The number of amides is 1. The van der Waals surface area contributed by atoms with E-state index in [1.165, 1.54) is 23.2 Å². The third-order valence-electron chi connectivity index (χ3n) is 4.41. The van der Waals surface area contributed by atoms with Crippen molar-refractivity contribution >= 4 is 5.91 Å². The molecule has 1 N–H and O–H groups in total. The van der Waals surface area contributed by atoms with E-state index in [4.69, 9.17) is 0 Å². The van der Waals surface area contributed by atoms with Gasteiger partial charge in [-0.05, 0) is 32.3 Å². The first-order valence-electron chi connectivity index (χ1n) is 8.91. The van der Waals surface area contributed by atoms with Crippen LogP contribution in [0, 0.1) is 0 Å².